The van der Waals surface area contributed by atoms with Gasteiger partial charge >= 0.3 is 0 Å². The normalized spacial score (nSPS) is 10.6. The Morgan fingerprint density at radius 3 is 2.40 bits per heavy atom. The lowest BCUT2D eigenvalue weighted by Crippen LogP contribution is -2.41. The molecule has 0 heterocycles. The number of anilines is 1. The predicted octanol–water partition coefficient (Wildman–Crippen LogP) is 2.76. The SMILES string of the molecule is CCN(Cc1ccc(OC)c(OC)c1)C(=O)CN(C)CC(=O)Nc1cccc(F)c1. The Hall–Kier alpha value is -3.13. The molecule has 162 valence electrons. The van der Waals surface area contributed by atoms with E-state index in [9.17, 15) is 14.0 Å². The highest BCUT2D eigenvalue weighted by Gasteiger charge is 2.17. The molecule has 0 bridgehead atoms. The van der Waals surface area contributed by atoms with Crippen LogP contribution in [0, 0.1) is 5.82 Å². The fraction of sp³-hybridized carbons (Fsp3) is 0.364. The third kappa shape index (κ3) is 6.73. The summed E-state index contributed by atoms with van der Waals surface area (Å²) in [4.78, 5) is 28.2. The van der Waals surface area contributed by atoms with Crippen LogP contribution in [0.15, 0.2) is 42.5 Å². The van der Waals surface area contributed by atoms with Crippen LogP contribution < -0.4 is 14.8 Å². The number of carbonyl (C=O) groups excluding carboxylic acids is 2. The van der Waals surface area contributed by atoms with E-state index >= 15 is 0 Å². The largest absolute Gasteiger partial charge is 0.493 e. The molecule has 0 spiro atoms. The van der Waals surface area contributed by atoms with E-state index in [0.717, 1.165) is 5.56 Å². The third-order valence-corrected chi connectivity index (χ3v) is 4.48. The van der Waals surface area contributed by atoms with Gasteiger partial charge in [0.1, 0.15) is 5.82 Å². The third-order valence-electron chi connectivity index (χ3n) is 4.48. The van der Waals surface area contributed by atoms with E-state index in [4.69, 9.17) is 9.47 Å². The van der Waals surface area contributed by atoms with Gasteiger partial charge in [-0.25, -0.2) is 4.39 Å². The first-order valence-electron chi connectivity index (χ1n) is 9.58. The van der Waals surface area contributed by atoms with Crippen molar-refractivity contribution >= 4 is 17.5 Å². The van der Waals surface area contributed by atoms with Gasteiger partial charge in [0.15, 0.2) is 11.5 Å². The second kappa shape index (κ2) is 11.2. The van der Waals surface area contributed by atoms with E-state index in [2.05, 4.69) is 5.32 Å². The van der Waals surface area contributed by atoms with Crippen LogP contribution in [0.4, 0.5) is 10.1 Å². The highest BCUT2D eigenvalue weighted by atomic mass is 19.1. The Morgan fingerprint density at radius 1 is 1.03 bits per heavy atom. The summed E-state index contributed by atoms with van der Waals surface area (Å²) in [5, 5.41) is 2.62. The molecule has 2 rings (SSSR count). The lowest BCUT2D eigenvalue weighted by atomic mass is 10.2. The zero-order valence-corrected chi connectivity index (χ0v) is 17.8. The lowest BCUT2D eigenvalue weighted by Gasteiger charge is -2.24. The van der Waals surface area contributed by atoms with Crippen molar-refractivity contribution < 1.29 is 23.5 Å². The number of likely N-dealkylation sites (N-methyl/N-ethyl adjacent to an activating group) is 2. The summed E-state index contributed by atoms with van der Waals surface area (Å²) in [6.45, 7) is 2.93. The Bertz CT molecular complexity index is 875. The molecule has 0 saturated heterocycles. The Labute approximate surface area is 176 Å². The van der Waals surface area contributed by atoms with Gasteiger partial charge in [0.25, 0.3) is 0 Å². The maximum Gasteiger partial charge on any atom is 0.238 e. The molecule has 0 unspecified atom stereocenters. The Balaban J connectivity index is 1.91. The van der Waals surface area contributed by atoms with Crippen LogP contribution in [0.2, 0.25) is 0 Å². The van der Waals surface area contributed by atoms with Crippen LogP contribution in [-0.2, 0) is 16.1 Å². The summed E-state index contributed by atoms with van der Waals surface area (Å²) >= 11 is 0. The fourth-order valence-corrected chi connectivity index (χ4v) is 2.97. The number of nitrogens with one attached hydrogen (secondary N) is 1. The van der Waals surface area contributed by atoms with Gasteiger partial charge in [0.2, 0.25) is 11.8 Å². The van der Waals surface area contributed by atoms with Gasteiger partial charge in [-0.05, 0) is 49.9 Å². The van der Waals surface area contributed by atoms with Crippen molar-refractivity contribution in [2.45, 2.75) is 13.5 Å². The molecule has 30 heavy (non-hydrogen) atoms. The smallest absolute Gasteiger partial charge is 0.238 e. The maximum atomic E-state index is 13.2. The average Bonchev–Trinajstić information content (AvgIpc) is 2.71. The summed E-state index contributed by atoms with van der Waals surface area (Å²) in [6, 6.07) is 11.2. The number of methoxy groups -OCH3 is 2. The van der Waals surface area contributed by atoms with Gasteiger partial charge in [-0.2, -0.15) is 0 Å². The van der Waals surface area contributed by atoms with Gasteiger partial charge in [-0.1, -0.05) is 12.1 Å². The summed E-state index contributed by atoms with van der Waals surface area (Å²) in [5.41, 5.74) is 1.29. The van der Waals surface area contributed by atoms with Gasteiger partial charge in [0, 0.05) is 18.8 Å². The number of ether oxygens (including phenoxy) is 2. The van der Waals surface area contributed by atoms with Crippen LogP contribution in [-0.4, -0.2) is 62.5 Å². The van der Waals surface area contributed by atoms with Crippen molar-refractivity contribution in [1.82, 2.24) is 9.80 Å². The van der Waals surface area contributed by atoms with Crippen LogP contribution in [0.25, 0.3) is 0 Å². The van der Waals surface area contributed by atoms with Crippen LogP contribution >= 0.6 is 0 Å². The molecule has 0 atom stereocenters. The van der Waals surface area contributed by atoms with E-state index in [0.29, 0.717) is 30.3 Å². The lowest BCUT2D eigenvalue weighted by molar-refractivity contribution is -0.132. The Morgan fingerprint density at radius 2 is 1.77 bits per heavy atom. The summed E-state index contributed by atoms with van der Waals surface area (Å²) in [7, 11) is 4.82. The molecule has 0 aliphatic heterocycles. The van der Waals surface area contributed by atoms with Crippen molar-refractivity contribution in [3.8, 4) is 11.5 Å². The van der Waals surface area contributed by atoms with Gasteiger partial charge in [-0.15, -0.1) is 0 Å². The van der Waals surface area contributed by atoms with Crippen LogP contribution in [0.3, 0.4) is 0 Å². The molecular weight excluding hydrogens is 389 g/mol. The van der Waals surface area contributed by atoms with Gasteiger partial charge in [0.05, 0.1) is 27.3 Å². The first-order chi connectivity index (χ1) is 14.4. The molecule has 0 fully saturated rings. The highest BCUT2D eigenvalue weighted by Crippen LogP contribution is 2.28. The molecule has 2 aromatic rings. The number of rotatable bonds is 10. The number of benzene rings is 2. The molecule has 0 aliphatic carbocycles. The minimum Gasteiger partial charge on any atom is -0.493 e. The summed E-state index contributed by atoms with van der Waals surface area (Å²) in [6.07, 6.45) is 0. The minimum absolute atomic E-state index is 0.0101. The number of amides is 2. The first-order valence-corrected chi connectivity index (χ1v) is 9.58. The number of halogens is 1. The summed E-state index contributed by atoms with van der Waals surface area (Å²) < 4.78 is 23.8. The molecule has 2 aromatic carbocycles. The van der Waals surface area contributed by atoms with Crippen LogP contribution in [0.1, 0.15) is 12.5 Å². The van der Waals surface area contributed by atoms with Gasteiger partial charge in [-0.3, -0.25) is 14.5 Å². The molecule has 0 aromatic heterocycles. The molecule has 0 saturated carbocycles. The number of nitrogens with zero attached hydrogens (tertiary/aromatic N) is 2. The molecule has 7 nitrogen and oxygen atoms in total. The zero-order chi connectivity index (χ0) is 22.1. The molecule has 0 aliphatic rings. The average molecular weight is 417 g/mol. The molecular formula is C22H28FN3O4. The van der Waals surface area contributed by atoms with Crippen molar-refractivity contribution in [3.05, 3.63) is 53.8 Å². The number of hydrogen-bond donors (Lipinski definition) is 1. The van der Waals surface area contributed by atoms with E-state index in [1.807, 2.05) is 19.1 Å². The first kappa shape index (κ1) is 23.2. The van der Waals surface area contributed by atoms with Gasteiger partial charge < -0.3 is 19.7 Å². The quantitative estimate of drug-likeness (QED) is 0.644. The van der Waals surface area contributed by atoms with Crippen molar-refractivity contribution in [1.29, 1.82) is 0 Å². The highest BCUT2D eigenvalue weighted by molar-refractivity contribution is 5.92. The Kier molecular flexibility index (Phi) is 8.61. The van der Waals surface area contributed by atoms with E-state index in [-0.39, 0.29) is 24.9 Å². The predicted molar refractivity (Wildman–Crippen MR) is 113 cm³/mol. The molecule has 1 N–H and O–H groups in total. The standard InChI is InChI=1S/C22H28FN3O4/c1-5-26(13-16-9-10-19(29-3)20(11-16)30-4)22(28)15-25(2)14-21(27)24-18-8-6-7-17(23)12-18/h6-12H,5,13-15H2,1-4H3,(H,24,27). The van der Waals surface area contributed by atoms with Crippen LogP contribution in [0.5, 0.6) is 11.5 Å². The number of hydrogen-bond acceptors (Lipinski definition) is 5. The molecule has 2 amide bonds. The maximum absolute atomic E-state index is 13.2. The minimum atomic E-state index is -0.426. The van der Waals surface area contributed by atoms with Crippen molar-refractivity contribution in [3.63, 3.8) is 0 Å². The second-order valence-electron chi connectivity index (χ2n) is 6.83. The topological polar surface area (TPSA) is 71.1 Å². The summed E-state index contributed by atoms with van der Waals surface area (Å²) in [5.74, 6) is 0.376. The van der Waals surface area contributed by atoms with E-state index in [1.54, 1.807) is 43.2 Å². The monoisotopic (exact) mass is 417 g/mol. The van der Waals surface area contributed by atoms with Crippen molar-refractivity contribution in [2.75, 3.05) is 46.2 Å². The van der Waals surface area contributed by atoms with E-state index in [1.165, 1.54) is 18.2 Å². The second-order valence-corrected chi connectivity index (χ2v) is 6.83. The van der Waals surface area contributed by atoms with Crippen molar-refractivity contribution in [2.24, 2.45) is 0 Å². The molecule has 8 heteroatoms. The zero-order valence-electron chi connectivity index (χ0n) is 17.8. The number of carbonyl (C=O) groups is 2. The van der Waals surface area contributed by atoms with E-state index < -0.39 is 5.82 Å². The fourth-order valence-electron chi connectivity index (χ4n) is 2.97. The molecule has 0 radical (unpaired) electrons.